The number of rotatable bonds is 3. The van der Waals surface area contributed by atoms with Crippen molar-refractivity contribution in [3.63, 3.8) is 0 Å². The standard InChI is InChI=1S/C30H22N2/c1-21-16-17-29-26(18-21)25-14-8-9-15-28(25)32(29)30-20-24(22-10-4-2-5-11-22)19-27(31-30)23-12-6-3-7-13-23/h2-20H,1H3. The second-order valence-electron chi connectivity index (χ2n) is 8.20. The Kier molecular flexibility index (Phi) is 4.36. The fourth-order valence-electron chi connectivity index (χ4n) is 4.52. The Morgan fingerprint density at radius 1 is 0.531 bits per heavy atom. The average molecular weight is 411 g/mol. The van der Waals surface area contributed by atoms with Crippen LogP contribution >= 0.6 is 0 Å². The molecule has 0 spiro atoms. The second kappa shape index (κ2) is 7.51. The molecule has 32 heavy (non-hydrogen) atoms. The first-order valence-electron chi connectivity index (χ1n) is 10.9. The monoisotopic (exact) mass is 410 g/mol. The maximum atomic E-state index is 5.16. The Balaban J connectivity index is 1.70. The van der Waals surface area contributed by atoms with Crippen LogP contribution in [0.1, 0.15) is 5.56 Å². The smallest absolute Gasteiger partial charge is 0.138 e. The zero-order valence-electron chi connectivity index (χ0n) is 17.9. The summed E-state index contributed by atoms with van der Waals surface area (Å²) in [6, 6.07) is 40.6. The molecule has 0 aliphatic carbocycles. The largest absolute Gasteiger partial charge is 0.294 e. The van der Waals surface area contributed by atoms with Crippen molar-refractivity contribution in [2.75, 3.05) is 0 Å². The Labute approximate surface area is 187 Å². The van der Waals surface area contributed by atoms with E-state index in [4.69, 9.17) is 4.98 Å². The van der Waals surface area contributed by atoms with Gasteiger partial charge in [0.1, 0.15) is 5.82 Å². The number of nitrogens with zero attached hydrogens (tertiary/aromatic N) is 2. The molecule has 0 bridgehead atoms. The van der Waals surface area contributed by atoms with E-state index in [1.54, 1.807) is 0 Å². The van der Waals surface area contributed by atoms with Gasteiger partial charge in [0.15, 0.2) is 0 Å². The van der Waals surface area contributed by atoms with Gasteiger partial charge in [-0.2, -0.15) is 0 Å². The van der Waals surface area contributed by atoms with Gasteiger partial charge in [0, 0.05) is 16.3 Å². The minimum absolute atomic E-state index is 0.931. The molecule has 2 nitrogen and oxygen atoms in total. The minimum atomic E-state index is 0.931. The summed E-state index contributed by atoms with van der Waals surface area (Å²) >= 11 is 0. The molecule has 0 aliphatic heterocycles. The fourth-order valence-corrected chi connectivity index (χ4v) is 4.52. The lowest BCUT2D eigenvalue weighted by molar-refractivity contribution is 1.08. The first-order valence-corrected chi connectivity index (χ1v) is 10.9. The molecular formula is C30H22N2. The maximum Gasteiger partial charge on any atom is 0.138 e. The topological polar surface area (TPSA) is 17.8 Å². The molecule has 0 saturated carbocycles. The van der Waals surface area contributed by atoms with Crippen LogP contribution in [-0.4, -0.2) is 9.55 Å². The highest BCUT2D eigenvalue weighted by molar-refractivity contribution is 6.09. The fraction of sp³-hybridized carbons (Fsp3) is 0.0333. The van der Waals surface area contributed by atoms with Crippen molar-refractivity contribution >= 4 is 21.8 Å². The zero-order valence-corrected chi connectivity index (χ0v) is 17.9. The summed E-state index contributed by atoms with van der Waals surface area (Å²) < 4.78 is 2.29. The first kappa shape index (κ1) is 18.6. The van der Waals surface area contributed by atoms with Crippen molar-refractivity contribution in [3.8, 4) is 28.2 Å². The van der Waals surface area contributed by atoms with E-state index in [0.717, 1.165) is 22.6 Å². The summed E-state index contributed by atoms with van der Waals surface area (Å²) in [5.41, 5.74) is 8.04. The lowest BCUT2D eigenvalue weighted by Gasteiger charge is -2.13. The van der Waals surface area contributed by atoms with E-state index in [-0.39, 0.29) is 0 Å². The lowest BCUT2D eigenvalue weighted by atomic mass is 10.0. The van der Waals surface area contributed by atoms with Crippen LogP contribution in [-0.2, 0) is 0 Å². The first-order chi connectivity index (χ1) is 15.8. The molecule has 0 unspecified atom stereocenters. The summed E-state index contributed by atoms with van der Waals surface area (Å²) in [6.45, 7) is 2.15. The van der Waals surface area contributed by atoms with E-state index in [9.17, 15) is 0 Å². The van der Waals surface area contributed by atoms with Crippen molar-refractivity contribution in [2.45, 2.75) is 6.92 Å². The number of hydrogen-bond donors (Lipinski definition) is 0. The van der Waals surface area contributed by atoms with Crippen LogP contribution in [0.4, 0.5) is 0 Å². The molecule has 152 valence electrons. The van der Waals surface area contributed by atoms with E-state index >= 15 is 0 Å². The zero-order chi connectivity index (χ0) is 21.5. The van der Waals surface area contributed by atoms with Gasteiger partial charge in [0.05, 0.1) is 16.7 Å². The summed E-state index contributed by atoms with van der Waals surface area (Å²) in [5.74, 6) is 0.931. The maximum absolute atomic E-state index is 5.16. The number of pyridine rings is 1. The molecule has 2 heteroatoms. The highest BCUT2D eigenvalue weighted by Gasteiger charge is 2.15. The van der Waals surface area contributed by atoms with Gasteiger partial charge in [0.2, 0.25) is 0 Å². The molecule has 0 fully saturated rings. The number of aryl methyl sites for hydroxylation is 1. The normalized spacial score (nSPS) is 11.3. The van der Waals surface area contributed by atoms with Crippen molar-refractivity contribution in [1.82, 2.24) is 9.55 Å². The Hall–Kier alpha value is -4.17. The molecular weight excluding hydrogens is 388 g/mol. The molecule has 0 aliphatic rings. The molecule has 0 atom stereocenters. The number of benzene rings is 4. The highest BCUT2D eigenvalue weighted by Crippen LogP contribution is 2.34. The Morgan fingerprint density at radius 2 is 1.19 bits per heavy atom. The highest BCUT2D eigenvalue weighted by atomic mass is 15.1. The SMILES string of the molecule is Cc1ccc2c(c1)c1ccccc1n2-c1cc(-c2ccccc2)cc(-c2ccccc2)n1. The minimum Gasteiger partial charge on any atom is -0.294 e. The van der Waals surface area contributed by atoms with E-state index in [1.807, 2.05) is 6.07 Å². The van der Waals surface area contributed by atoms with Crippen LogP contribution < -0.4 is 0 Å². The molecule has 4 aromatic carbocycles. The van der Waals surface area contributed by atoms with Crippen LogP contribution in [0.3, 0.4) is 0 Å². The molecule has 0 radical (unpaired) electrons. The molecule has 2 aromatic heterocycles. The summed E-state index contributed by atoms with van der Waals surface area (Å²) in [4.78, 5) is 5.16. The summed E-state index contributed by atoms with van der Waals surface area (Å²) in [5, 5.41) is 2.51. The molecule has 0 N–H and O–H groups in total. The van der Waals surface area contributed by atoms with E-state index in [2.05, 4.69) is 121 Å². The number of aromatic nitrogens is 2. The summed E-state index contributed by atoms with van der Waals surface area (Å²) in [7, 11) is 0. The lowest BCUT2D eigenvalue weighted by Crippen LogP contribution is -2.00. The third-order valence-electron chi connectivity index (χ3n) is 6.05. The Morgan fingerprint density at radius 3 is 1.97 bits per heavy atom. The third kappa shape index (κ3) is 3.09. The van der Waals surface area contributed by atoms with Crippen molar-refractivity contribution in [2.24, 2.45) is 0 Å². The Bertz CT molecular complexity index is 1500. The van der Waals surface area contributed by atoms with E-state index in [0.29, 0.717) is 0 Å². The van der Waals surface area contributed by atoms with E-state index < -0.39 is 0 Å². The summed E-state index contributed by atoms with van der Waals surface area (Å²) in [6.07, 6.45) is 0. The van der Waals surface area contributed by atoms with Gasteiger partial charge < -0.3 is 0 Å². The predicted octanol–water partition coefficient (Wildman–Crippen LogP) is 7.82. The van der Waals surface area contributed by atoms with Gasteiger partial charge in [-0.05, 0) is 48.4 Å². The van der Waals surface area contributed by atoms with Crippen LogP contribution in [0.5, 0.6) is 0 Å². The van der Waals surface area contributed by atoms with Crippen LogP contribution in [0.2, 0.25) is 0 Å². The number of para-hydroxylation sites is 1. The predicted molar refractivity (Wildman–Crippen MR) is 134 cm³/mol. The second-order valence-corrected chi connectivity index (χ2v) is 8.20. The van der Waals surface area contributed by atoms with Crippen LogP contribution in [0.15, 0.2) is 115 Å². The molecule has 6 aromatic rings. The molecule has 0 saturated heterocycles. The van der Waals surface area contributed by atoms with Gasteiger partial charge >= 0.3 is 0 Å². The van der Waals surface area contributed by atoms with Crippen molar-refractivity contribution in [3.05, 3.63) is 121 Å². The number of hydrogen-bond acceptors (Lipinski definition) is 1. The average Bonchev–Trinajstić information content (AvgIpc) is 3.18. The van der Waals surface area contributed by atoms with Gasteiger partial charge in [0.25, 0.3) is 0 Å². The van der Waals surface area contributed by atoms with Crippen LogP contribution in [0, 0.1) is 6.92 Å². The molecule has 2 heterocycles. The van der Waals surface area contributed by atoms with Gasteiger partial charge in [-0.25, -0.2) is 4.98 Å². The van der Waals surface area contributed by atoms with Crippen LogP contribution in [0.25, 0.3) is 50.0 Å². The van der Waals surface area contributed by atoms with E-state index in [1.165, 1.54) is 32.9 Å². The van der Waals surface area contributed by atoms with Gasteiger partial charge in [-0.15, -0.1) is 0 Å². The third-order valence-corrected chi connectivity index (χ3v) is 6.05. The number of fused-ring (bicyclic) bond motifs is 3. The van der Waals surface area contributed by atoms with Crippen molar-refractivity contribution < 1.29 is 0 Å². The molecule has 0 amide bonds. The molecule has 6 rings (SSSR count). The van der Waals surface area contributed by atoms with Gasteiger partial charge in [-0.1, -0.05) is 90.5 Å². The quantitative estimate of drug-likeness (QED) is 0.291. The van der Waals surface area contributed by atoms with Crippen molar-refractivity contribution in [1.29, 1.82) is 0 Å². The van der Waals surface area contributed by atoms with Gasteiger partial charge in [-0.3, -0.25) is 4.57 Å².